The highest BCUT2D eigenvalue weighted by atomic mass is 16.5. The molecule has 1 aliphatic rings. The van der Waals surface area contributed by atoms with Gasteiger partial charge in [0.15, 0.2) is 0 Å². The molecule has 1 aliphatic carbocycles. The topological polar surface area (TPSA) is 70.7 Å². The molecule has 2 N–H and O–H groups in total. The molecule has 1 fully saturated rings. The number of nitrogens with one attached hydrogen (secondary N) is 2. The van der Waals surface area contributed by atoms with Crippen LogP contribution in [0.5, 0.6) is 0 Å². The van der Waals surface area contributed by atoms with E-state index in [1.165, 1.54) is 32.6 Å². The van der Waals surface area contributed by atoms with Crippen LogP contribution in [0.4, 0.5) is 10.5 Å². The molecule has 3 amide bonds. The van der Waals surface area contributed by atoms with E-state index in [4.69, 9.17) is 4.74 Å². The zero-order valence-electron chi connectivity index (χ0n) is 15.2. The second-order valence-corrected chi connectivity index (χ2v) is 6.59. The molecule has 6 nitrogen and oxygen atoms in total. The summed E-state index contributed by atoms with van der Waals surface area (Å²) in [4.78, 5) is 24.9. The van der Waals surface area contributed by atoms with Crippen LogP contribution in [0, 0.1) is 0 Å². The van der Waals surface area contributed by atoms with Crippen molar-refractivity contribution in [2.24, 2.45) is 0 Å². The Labute approximate surface area is 149 Å². The van der Waals surface area contributed by atoms with Crippen LogP contribution in [0.3, 0.4) is 0 Å². The van der Waals surface area contributed by atoms with Crippen molar-refractivity contribution in [3.8, 4) is 0 Å². The number of hydrogen-bond donors (Lipinski definition) is 2. The molecule has 1 aromatic carbocycles. The number of anilines is 1. The van der Waals surface area contributed by atoms with Crippen LogP contribution in [0.25, 0.3) is 0 Å². The number of amides is 3. The van der Waals surface area contributed by atoms with E-state index in [1.54, 1.807) is 11.9 Å². The second-order valence-electron chi connectivity index (χ2n) is 6.59. The summed E-state index contributed by atoms with van der Waals surface area (Å²) in [7, 11) is 1.75. The van der Waals surface area contributed by atoms with Crippen molar-refractivity contribution in [1.82, 2.24) is 10.2 Å². The van der Waals surface area contributed by atoms with Crippen LogP contribution in [0.2, 0.25) is 0 Å². The summed E-state index contributed by atoms with van der Waals surface area (Å²) in [6.07, 6.45) is 6.11. The standard InChI is InChI=1S/C19H29N3O3/c1-15(23)22(2)14-16-7-5-8-17(13-16)21-19(24)20-11-6-12-25-18-9-3-4-10-18/h5,7-8,13,18H,3-4,6,9-12,14H2,1-2H3,(H2,20,21,24). The average molecular weight is 347 g/mol. The molecule has 2 rings (SSSR count). The van der Waals surface area contributed by atoms with Crippen molar-refractivity contribution >= 4 is 17.6 Å². The molecule has 0 aliphatic heterocycles. The molecule has 0 heterocycles. The van der Waals surface area contributed by atoms with Crippen LogP contribution in [0.1, 0.15) is 44.6 Å². The number of urea groups is 1. The Bertz CT molecular complexity index is 571. The summed E-state index contributed by atoms with van der Waals surface area (Å²) in [5.74, 6) is 0.0101. The van der Waals surface area contributed by atoms with Crippen molar-refractivity contribution in [1.29, 1.82) is 0 Å². The minimum Gasteiger partial charge on any atom is -0.378 e. The Morgan fingerprint density at radius 3 is 2.76 bits per heavy atom. The molecule has 0 saturated heterocycles. The van der Waals surface area contributed by atoms with Gasteiger partial charge < -0.3 is 20.3 Å². The van der Waals surface area contributed by atoms with Crippen molar-refractivity contribution in [2.75, 3.05) is 25.5 Å². The van der Waals surface area contributed by atoms with Crippen LogP contribution >= 0.6 is 0 Å². The van der Waals surface area contributed by atoms with E-state index in [2.05, 4.69) is 10.6 Å². The van der Waals surface area contributed by atoms with Crippen LogP contribution in [-0.4, -0.2) is 43.1 Å². The summed E-state index contributed by atoms with van der Waals surface area (Å²) < 4.78 is 5.77. The second kappa shape index (κ2) is 10.0. The Morgan fingerprint density at radius 2 is 2.04 bits per heavy atom. The van der Waals surface area contributed by atoms with Crippen molar-refractivity contribution in [3.63, 3.8) is 0 Å². The third kappa shape index (κ3) is 7.13. The van der Waals surface area contributed by atoms with E-state index in [0.29, 0.717) is 31.5 Å². The normalized spacial score (nSPS) is 14.3. The zero-order valence-corrected chi connectivity index (χ0v) is 15.2. The highest BCUT2D eigenvalue weighted by molar-refractivity contribution is 5.89. The molecular formula is C19H29N3O3. The molecule has 1 saturated carbocycles. The van der Waals surface area contributed by atoms with Crippen LogP contribution < -0.4 is 10.6 Å². The lowest BCUT2D eigenvalue weighted by atomic mass is 10.2. The molecule has 6 heteroatoms. The first-order chi connectivity index (χ1) is 12.0. The fourth-order valence-electron chi connectivity index (χ4n) is 2.89. The summed E-state index contributed by atoms with van der Waals surface area (Å²) >= 11 is 0. The van der Waals surface area contributed by atoms with Crippen molar-refractivity contribution in [2.45, 2.75) is 51.7 Å². The van der Waals surface area contributed by atoms with E-state index in [1.807, 2.05) is 24.3 Å². The number of rotatable bonds is 8. The molecule has 25 heavy (non-hydrogen) atoms. The fraction of sp³-hybridized carbons (Fsp3) is 0.579. The Hall–Kier alpha value is -2.08. The van der Waals surface area contributed by atoms with E-state index in [9.17, 15) is 9.59 Å². The lowest BCUT2D eigenvalue weighted by Gasteiger charge is -2.15. The van der Waals surface area contributed by atoms with Gasteiger partial charge in [-0.15, -0.1) is 0 Å². The lowest BCUT2D eigenvalue weighted by molar-refractivity contribution is -0.128. The monoisotopic (exact) mass is 347 g/mol. The highest BCUT2D eigenvalue weighted by Crippen LogP contribution is 2.20. The Balaban J connectivity index is 1.66. The number of nitrogens with zero attached hydrogens (tertiary/aromatic N) is 1. The minimum absolute atomic E-state index is 0.0101. The molecule has 0 unspecified atom stereocenters. The van der Waals surface area contributed by atoms with E-state index in [-0.39, 0.29) is 11.9 Å². The maximum Gasteiger partial charge on any atom is 0.319 e. The number of hydrogen-bond acceptors (Lipinski definition) is 3. The highest BCUT2D eigenvalue weighted by Gasteiger charge is 2.14. The predicted molar refractivity (Wildman–Crippen MR) is 98.4 cm³/mol. The average Bonchev–Trinajstić information content (AvgIpc) is 3.08. The van der Waals surface area contributed by atoms with Gasteiger partial charge >= 0.3 is 6.03 Å². The van der Waals surface area contributed by atoms with Crippen molar-refractivity contribution in [3.05, 3.63) is 29.8 Å². The SMILES string of the molecule is CC(=O)N(C)Cc1cccc(NC(=O)NCCCOC2CCCC2)c1. The Morgan fingerprint density at radius 1 is 1.28 bits per heavy atom. The molecule has 0 aromatic heterocycles. The Kier molecular flexibility index (Phi) is 7.73. The third-order valence-corrected chi connectivity index (χ3v) is 4.40. The van der Waals surface area contributed by atoms with Gasteiger partial charge in [-0.1, -0.05) is 25.0 Å². The molecule has 0 bridgehead atoms. The van der Waals surface area contributed by atoms with Gasteiger partial charge in [0.05, 0.1) is 6.10 Å². The van der Waals surface area contributed by atoms with Gasteiger partial charge in [-0.25, -0.2) is 4.79 Å². The van der Waals surface area contributed by atoms with E-state index >= 15 is 0 Å². The first-order valence-corrected chi connectivity index (χ1v) is 9.01. The molecule has 138 valence electrons. The quantitative estimate of drug-likeness (QED) is 0.710. The smallest absolute Gasteiger partial charge is 0.319 e. The van der Waals surface area contributed by atoms with E-state index < -0.39 is 0 Å². The van der Waals surface area contributed by atoms with Gasteiger partial charge in [0.25, 0.3) is 0 Å². The van der Waals surface area contributed by atoms with Gasteiger partial charge in [-0.2, -0.15) is 0 Å². The zero-order chi connectivity index (χ0) is 18.1. The van der Waals surface area contributed by atoms with Crippen LogP contribution in [-0.2, 0) is 16.1 Å². The molecule has 0 atom stereocenters. The summed E-state index contributed by atoms with van der Waals surface area (Å²) in [5, 5.41) is 5.66. The molecule has 1 aromatic rings. The molecule has 0 radical (unpaired) electrons. The van der Waals surface area contributed by atoms with Gasteiger partial charge in [-0.3, -0.25) is 4.79 Å². The summed E-state index contributed by atoms with van der Waals surface area (Å²) in [5.41, 5.74) is 1.69. The summed E-state index contributed by atoms with van der Waals surface area (Å²) in [6, 6.07) is 7.29. The van der Waals surface area contributed by atoms with Gasteiger partial charge in [0.1, 0.15) is 0 Å². The first kappa shape index (κ1) is 19.2. The van der Waals surface area contributed by atoms with Crippen molar-refractivity contribution < 1.29 is 14.3 Å². The number of carbonyl (C=O) groups is 2. The number of ether oxygens (including phenoxy) is 1. The summed E-state index contributed by atoms with van der Waals surface area (Å²) in [6.45, 7) is 3.33. The van der Waals surface area contributed by atoms with E-state index in [0.717, 1.165) is 12.0 Å². The maximum atomic E-state index is 11.9. The van der Waals surface area contributed by atoms with Gasteiger partial charge in [0.2, 0.25) is 5.91 Å². The van der Waals surface area contributed by atoms with Gasteiger partial charge in [0, 0.05) is 39.4 Å². The predicted octanol–water partition coefficient (Wildman–Crippen LogP) is 3.14. The lowest BCUT2D eigenvalue weighted by Crippen LogP contribution is -2.30. The number of benzene rings is 1. The molecule has 0 spiro atoms. The first-order valence-electron chi connectivity index (χ1n) is 9.01. The maximum absolute atomic E-state index is 11.9. The molecular weight excluding hydrogens is 318 g/mol. The van der Waals surface area contributed by atoms with Gasteiger partial charge in [-0.05, 0) is 37.0 Å². The minimum atomic E-state index is -0.224. The number of carbonyl (C=O) groups excluding carboxylic acids is 2. The third-order valence-electron chi connectivity index (χ3n) is 4.40. The fourth-order valence-corrected chi connectivity index (χ4v) is 2.89. The largest absolute Gasteiger partial charge is 0.378 e. The van der Waals surface area contributed by atoms with Crippen LogP contribution in [0.15, 0.2) is 24.3 Å².